The summed E-state index contributed by atoms with van der Waals surface area (Å²) in [5, 5.41) is 16.0. The number of nitrogens with zero attached hydrogens (tertiary/aromatic N) is 6. The molecule has 0 fully saturated rings. The minimum atomic E-state index is -0.386. The van der Waals surface area contributed by atoms with Crippen molar-refractivity contribution in [3.05, 3.63) is 81.1 Å². The zero-order valence-corrected chi connectivity index (χ0v) is 16.9. The zero-order chi connectivity index (χ0) is 21.8. The highest BCUT2D eigenvalue weighted by Gasteiger charge is 2.13. The zero-order valence-electron chi connectivity index (χ0n) is 16.9. The second kappa shape index (κ2) is 8.74. The smallest absolute Gasteiger partial charge is 0.354 e. The lowest BCUT2D eigenvalue weighted by atomic mass is 10.1. The fourth-order valence-corrected chi connectivity index (χ4v) is 3.31. The Morgan fingerprint density at radius 3 is 2.39 bits per heavy atom. The maximum Gasteiger partial charge on any atom is 0.368 e. The Morgan fingerprint density at radius 2 is 1.65 bits per heavy atom. The minimum absolute atomic E-state index is 0.0202. The number of aromatic nitrogens is 6. The van der Waals surface area contributed by atoms with E-state index in [1.54, 1.807) is 42.5 Å². The summed E-state index contributed by atoms with van der Waals surface area (Å²) in [7, 11) is 0. The molecular weight excluding hydrogens is 398 g/mol. The van der Waals surface area contributed by atoms with Crippen LogP contribution in [0, 0.1) is 0 Å². The van der Waals surface area contributed by atoms with Crippen LogP contribution in [0.3, 0.4) is 0 Å². The molecule has 0 aliphatic rings. The fourth-order valence-electron chi connectivity index (χ4n) is 3.31. The first-order valence-corrected chi connectivity index (χ1v) is 9.92. The molecule has 1 N–H and O–H groups in total. The van der Waals surface area contributed by atoms with E-state index in [1.807, 2.05) is 19.1 Å². The van der Waals surface area contributed by atoms with Gasteiger partial charge in [-0.05, 0) is 35.5 Å². The lowest BCUT2D eigenvalue weighted by molar-refractivity contribution is -0.120. The largest absolute Gasteiger partial charge is 0.368 e. The summed E-state index contributed by atoms with van der Waals surface area (Å²) in [4.78, 5) is 37.3. The lowest BCUT2D eigenvalue weighted by Gasteiger charge is -2.10. The second-order valence-corrected chi connectivity index (χ2v) is 6.87. The van der Waals surface area contributed by atoms with Gasteiger partial charge in [0.15, 0.2) is 0 Å². The SMILES string of the molecule is CCn1nc(CC(=O)NCCn2nnn(-c3ccccc3)c2=O)c2ccccc2c1=O. The molecule has 0 spiro atoms. The van der Waals surface area contributed by atoms with Crippen LogP contribution in [0.25, 0.3) is 16.5 Å². The first kappa shape index (κ1) is 20.2. The normalized spacial score (nSPS) is 11.0. The molecule has 2 heterocycles. The molecule has 0 aliphatic carbocycles. The molecule has 0 bridgehead atoms. The minimum Gasteiger partial charge on any atom is -0.354 e. The summed E-state index contributed by atoms with van der Waals surface area (Å²) < 4.78 is 3.75. The van der Waals surface area contributed by atoms with E-state index >= 15 is 0 Å². The molecule has 4 aromatic rings. The van der Waals surface area contributed by atoms with Crippen LogP contribution in [0.15, 0.2) is 64.2 Å². The van der Waals surface area contributed by atoms with Gasteiger partial charge in [-0.1, -0.05) is 36.4 Å². The summed E-state index contributed by atoms with van der Waals surface area (Å²) in [5.74, 6) is -0.262. The molecule has 158 valence electrons. The molecule has 0 saturated carbocycles. The van der Waals surface area contributed by atoms with Gasteiger partial charge in [-0.15, -0.1) is 0 Å². The van der Waals surface area contributed by atoms with Gasteiger partial charge < -0.3 is 5.32 Å². The first-order chi connectivity index (χ1) is 15.1. The number of carbonyl (C=O) groups excluding carboxylic acids is 1. The Labute approximate surface area is 176 Å². The van der Waals surface area contributed by atoms with Crippen LogP contribution in [-0.2, 0) is 24.3 Å². The van der Waals surface area contributed by atoms with Crippen LogP contribution in [0.1, 0.15) is 12.6 Å². The van der Waals surface area contributed by atoms with Crippen molar-refractivity contribution in [1.29, 1.82) is 0 Å². The van der Waals surface area contributed by atoms with Crippen LogP contribution >= 0.6 is 0 Å². The average Bonchev–Trinajstić information content (AvgIpc) is 3.16. The van der Waals surface area contributed by atoms with E-state index in [2.05, 4.69) is 20.8 Å². The predicted molar refractivity (Wildman–Crippen MR) is 114 cm³/mol. The van der Waals surface area contributed by atoms with Gasteiger partial charge in [-0.3, -0.25) is 9.59 Å². The van der Waals surface area contributed by atoms with E-state index in [0.717, 1.165) is 0 Å². The molecule has 0 saturated heterocycles. The predicted octanol–water partition coefficient (Wildman–Crippen LogP) is 0.518. The molecule has 31 heavy (non-hydrogen) atoms. The Kier molecular flexibility index (Phi) is 5.69. The van der Waals surface area contributed by atoms with Gasteiger partial charge in [0.05, 0.1) is 29.7 Å². The molecule has 4 rings (SSSR count). The van der Waals surface area contributed by atoms with Gasteiger partial charge in [0.25, 0.3) is 5.56 Å². The number of amides is 1. The molecule has 0 radical (unpaired) electrons. The monoisotopic (exact) mass is 419 g/mol. The molecule has 1 amide bonds. The molecule has 10 nitrogen and oxygen atoms in total. The molecule has 10 heteroatoms. The van der Waals surface area contributed by atoms with Crippen molar-refractivity contribution in [1.82, 2.24) is 34.9 Å². The van der Waals surface area contributed by atoms with Crippen molar-refractivity contribution in [2.24, 2.45) is 0 Å². The van der Waals surface area contributed by atoms with Crippen molar-refractivity contribution in [2.75, 3.05) is 6.54 Å². The molecule has 0 aliphatic heterocycles. The van der Waals surface area contributed by atoms with Gasteiger partial charge in [0.1, 0.15) is 0 Å². The van der Waals surface area contributed by atoms with Crippen LogP contribution in [-0.4, -0.2) is 42.0 Å². The maximum absolute atomic E-state index is 12.5. The summed E-state index contributed by atoms with van der Waals surface area (Å²) >= 11 is 0. The molecule has 0 unspecified atom stereocenters. The molecule has 0 atom stereocenters. The Morgan fingerprint density at radius 1 is 0.935 bits per heavy atom. The van der Waals surface area contributed by atoms with Crippen molar-refractivity contribution in [3.8, 4) is 5.69 Å². The quantitative estimate of drug-likeness (QED) is 0.467. The number of fused-ring (bicyclic) bond motifs is 1. The Bertz CT molecular complexity index is 1340. The third kappa shape index (κ3) is 4.13. The number of carbonyl (C=O) groups is 1. The highest BCUT2D eigenvalue weighted by atomic mass is 16.2. The molecular formula is C21H21N7O3. The van der Waals surface area contributed by atoms with Gasteiger partial charge >= 0.3 is 5.69 Å². The van der Waals surface area contributed by atoms with Crippen molar-refractivity contribution in [2.45, 2.75) is 26.4 Å². The van der Waals surface area contributed by atoms with E-state index in [1.165, 1.54) is 14.0 Å². The van der Waals surface area contributed by atoms with Crippen LogP contribution in [0.4, 0.5) is 0 Å². The van der Waals surface area contributed by atoms with E-state index in [0.29, 0.717) is 28.7 Å². The van der Waals surface area contributed by atoms with Gasteiger partial charge in [0, 0.05) is 18.5 Å². The average molecular weight is 419 g/mol. The Hall–Kier alpha value is -4.08. The number of tetrazole rings is 1. The topological polar surface area (TPSA) is 117 Å². The van der Waals surface area contributed by atoms with Crippen molar-refractivity contribution < 1.29 is 4.79 Å². The number of nitrogens with one attached hydrogen (secondary N) is 1. The number of para-hydroxylation sites is 1. The second-order valence-electron chi connectivity index (χ2n) is 6.87. The summed E-state index contributed by atoms with van der Waals surface area (Å²) in [6.07, 6.45) is 0.0202. The van der Waals surface area contributed by atoms with E-state index in [4.69, 9.17) is 0 Å². The standard InChI is InChI=1S/C21H21N7O3/c1-2-26-20(30)17-11-7-6-10-16(17)18(23-26)14-19(29)22-12-13-27-21(31)28(25-24-27)15-8-4-3-5-9-15/h3-11H,2,12-14H2,1H3,(H,22,29). The van der Waals surface area contributed by atoms with Crippen molar-refractivity contribution in [3.63, 3.8) is 0 Å². The molecule has 2 aromatic carbocycles. The highest BCUT2D eigenvalue weighted by molar-refractivity contribution is 5.88. The number of hydrogen-bond donors (Lipinski definition) is 1. The van der Waals surface area contributed by atoms with E-state index in [9.17, 15) is 14.4 Å². The Balaban J connectivity index is 1.43. The summed E-state index contributed by atoms with van der Waals surface area (Å²) in [5.41, 5.74) is 0.583. The third-order valence-electron chi connectivity index (χ3n) is 4.86. The molecule has 2 aromatic heterocycles. The van der Waals surface area contributed by atoms with E-state index < -0.39 is 0 Å². The maximum atomic E-state index is 12.5. The first-order valence-electron chi connectivity index (χ1n) is 9.92. The fraction of sp³-hybridized carbons (Fsp3) is 0.238. The number of hydrogen-bond acceptors (Lipinski definition) is 6. The number of aryl methyl sites for hydroxylation is 1. The third-order valence-corrected chi connectivity index (χ3v) is 4.86. The summed E-state index contributed by atoms with van der Waals surface area (Å²) in [6.45, 7) is 2.63. The number of benzene rings is 2. The summed E-state index contributed by atoms with van der Waals surface area (Å²) in [6, 6.07) is 16.1. The van der Waals surface area contributed by atoms with Crippen LogP contribution in [0.2, 0.25) is 0 Å². The van der Waals surface area contributed by atoms with Gasteiger partial charge in [0.2, 0.25) is 5.91 Å². The van der Waals surface area contributed by atoms with E-state index in [-0.39, 0.29) is 36.7 Å². The van der Waals surface area contributed by atoms with Gasteiger partial charge in [-0.2, -0.15) is 14.5 Å². The van der Waals surface area contributed by atoms with Crippen LogP contribution < -0.4 is 16.6 Å². The number of rotatable bonds is 7. The lowest BCUT2D eigenvalue weighted by Crippen LogP contribution is -2.33. The van der Waals surface area contributed by atoms with Crippen LogP contribution in [0.5, 0.6) is 0 Å². The van der Waals surface area contributed by atoms with Crippen molar-refractivity contribution >= 4 is 16.7 Å². The van der Waals surface area contributed by atoms with Gasteiger partial charge in [-0.25, -0.2) is 9.48 Å². The highest BCUT2D eigenvalue weighted by Crippen LogP contribution is 2.13.